The molecular formula is C51H53ClN4O8. The van der Waals surface area contributed by atoms with Crippen LogP contribution in [0.25, 0.3) is 22.9 Å². The van der Waals surface area contributed by atoms with E-state index >= 15 is 0 Å². The van der Waals surface area contributed by atoms with Gasteiger partial charge in [-0.05, 0) is 105 Å². The highest BCUT2D eigenvalue weighted by Gasteiger charge is 2.19. The van der Waals surface area contributed by atoms with Gasteiger partial charge in [0.05, 0.1) is 31.0 Å². The Bertz CT molecular complexity index is 2510. The molecule has 64 heavy (non-hydrogen) atoms. The van der Waals surface area contributed by atoms with Gasteiger partial charge in [-0.1, -0.05) is 85.3 Å². The van der Waals surface area contributed by atoms with Crippen LogP contribution in [0.15, 0.2) is 142 Å². The zero-order valence-electron chi connectivity index (χ0n) is 36.3. The van der Waals surface area contributed by atoms with E-state index < -0.39 is 12.1 Å². The molecule has 0 bridgehead atoms. The van der Waals surface area contributed by atoms with Crippen molar-refractivity contribution < 1.29 is 37.7 Å². The van der Waals surface area contributed by atoms with Crippen LogP contribution in [-0.4, -0.2) is 58.3 Å². The second-order valence-electron chi connectivity index (χ2n) is 14.8. The third-order valence-corrected chi connectivity index (χ3v) is 10.1. The van der Waals surface area contributed by atoms with Crippen LogP contribution in [-0.2, 0) is 30.7 Å². The number of carboxylic acid groups (broad SMARTS) is 1. The molecule has 0 atom stereocenters. The predicted molar refractivity (Wildman–Crippen MR) is 247 cm³/mol. The standard InChI is InChI=1S/C29H27ClN2O6.C22H26N2O2/c1-20-26(31-28(37-20)22-6-3-2-4-7-22)15-17-36-24-12-10-21(11-13-24)19-32(16-14-27(33)34)29(35)38-25-9-5-8-23(30)18-25;1-3-14-23-16-18-9-11-20(12-10-18)25-15-13-21-17(2)26-22(24-21)19-7-5-4-6-8-19/h2-13,18H,14-17,19H2,1H3,(H,33,34);4-12,23H,3,13-16H2,1-2H3. The van der Waals surface area contributed by atoms with Crippen LogP contribution in [0.4, 0.5) is 4.79 Å². The normalized spacial score (nSPS) is 10.8. The lowest BCUT2D eigenvalue weighted by atomic mass is 10.2. The van der Waals surface area contributed by atoms with Crippen molar-refractivity contribution in [2.75, 3.05) is 26.3 Å². The average Bonchev–Trinajstić information content (AvgIpc) is 3.87. The summed E-state index contributed by atoms with van der Waals surface area (Å²) < 4.78 is 28.7. The van der Waals surface area contributed by atoms with Gasteiger partial charge >= 0.3 is 12.1 Å². The first-order chi connectivity index (χ1) is 31.1. The maximum atomic E-state index is 12.7. The summed E-state index contributed by atoms with van der Waals surface area (Å²) in [4.78, 5) is 34.4. The fourth-order valence-corrected chi connectivity index (χ4v) is 6.63. The van der Waals surface area contributed by atoms with Gasteiger partial charge in [0, 0.05) is 48.6 Å². The number of carbonyl (C=O) groups is 2. The van der Waals surface area contributed by atoms with Crippen LogP contribution in [0, 0.1) is 13.8 Å². The second-order valence-corrected chi connectivity index (χ2v) is 15.3. The molecule has 0 radical (unpaired) electrons. The fourth-order valence-electron chi connectivity index (χ4n) is 6.45. The number of hydrogen-bond donors (Lipinski definition) is 2. The predicted octanol–water partition coefficient (Wildman–Crippen LogP) is 11.2. The lowest BCUT2D eigenvalue weighted by Crippen LogP contribution is -2.34. The Kier molecular flexibility index (Phi) is 17.5. The van der Waals surface area contributed by atoms with Crippen LogP contribution in [0.2, 0.25) is 5.02 Å². The highest BCUT2D eigenvalue weighted by atomic mass is 35.5. The maximum Gasteiger partial charge on any atom is 0.415 e. The third-order valence-electron chi connectivity index (χ3n) is 9.87. The van der Waals surface area contributed by atoms with Gasteiger partial charge in [-0.2, -0.15) is 0 Å². The van der Waals surface area contributed by atoms with Gasteiger partial charge in [-0.25, -0.2) is 14.8 Å². The molecule has 7 rings (SSSR count). The zero-order chi connectivity index (χ0) is 45.1. The van der Waals surface area contributed by atoms with E-state index in [-0.39, 0.29) is 25.3 Å². The number of oxazole rings is 2. The molecule has 1 amide bonds. The van der Waals surface area contributed by atoms with Crippen LogP contribution in [0.5, 0.6) is 17.2 Å². The Balaban J connectivity index is 0.000000228. The molecule has 0 saturated carbocycles. The van der Waals surface area contributed by atoms with E-state index in [1.807, 2.05) is 98.8 Å². The minimum Gasteiger partial charge on any atom is -0.493 e. The molecule has 2 N–H and O–H groups in total. The highest BCUT2D eigenvalue weighted by molar-refractivity contribution is 6.30. The van der Waals surface area contributed by atoms with Crippen LogP contribution in [0.3, 0.4) is 0 Å². The summed E-state index contributed by atoms with van der Waals surface area (Å²) in [5, 5.41) is 12.9. The topological polar surface area (TPSA) is 149 Å². The number of carboxylic acids is 1. The van der Waals surface area contributed by atoms with Gasteiger partial charge in [-0.3, -0.25) is 4.79 Å². The molecule has 332 valence electrons. The lowest BCUT2D eigenvalue weighted by molar-refractivity contribution is -0.137. The minimum atomic E-state index is -1.01. The quantitative estimate of drug-likeness (QED) is 0.0704. The van der Waals surface area contributed by atoms with E-state index in [0.29, 0.717) is 42.2 Å². The van der Waals surface area contributed by atoms with Gasteiger partial charge < -0.3 is 38.4 Å². The summed E-state index contributed by atoms with van der Waals surface area (Å²) in [6, 6.07) is 41.6. The third kappa shape index (κ3) is 14.6. The van der Waals surface area contributed by atoms with Crippen molar-refractivity contribution in [3.8, 4) is 40.2 Å². The number of nitrogens with zero attached hydrogens (tertiary/aromatic N) is 3. The van der Waals surface area contributed by atoms with Crippen molar-refractivity contribution in [3.05, 3.63) is 173 Å². The highest BCUT2D eigenvalue weighted by Crippen LogP contribution is 2.24. The molecule has 0 aliphatic rings. The van der Waals surface area contributed by atoms with Crippen LogP contribution >= 0.6 is 11.6 Å². The first-order valence-corrected chi connectivity index (χ1v) is 21.6. The van der Waals surface area contributed by atoms with Gasteiger partial charge in [0.15, 0.2) is 0 Å². The van der Waals surface area contributed by atoms with Gasteiger partial charge in [-0.15, -0.1) is 0 Å². The van der Waals surface area contributed by atoms with Gasteiger partial charge in [0.25, 0.3) is 0 Å². The van der Waals surface area contributed by atoms with Crippen molar-refractivity contribution >= 4 is 23.7 Å². The van der Waals surface area contributed by atoms with E-state index in [4.69, 9.17) is 39.8 Å². The number of carbonyl (C=O) groups excluding carboxylic acids is 1. The number of rotatable bonds is 20. The molecule has 0 aliphatic carbocycles. The Morgan fingerprint density at radius 2 is 1.22 bits per heavy atom. The number of benzene rings is 5. The molecule has 0 aliphatic heterocycles. The summed E-state index contributed by atoms with van der Waals surface area (Å²) in [6.45, 7) is 9.11. The van der Waals surface area contributed by atoms with Crippen LogP contribution < -0.4 is 19.5 Å². The zero-order valence-corrected chi connectivity index (χ0v) is 37.1. The SMILES string of the molecule is CCCNCc1ccc(OCCc2nc(-c3ccccc3)oc2C)cc1.Cc1oc(-c2ccccc2)nc1CCOc1ccc(CN(CCC(=O)O)C(=O)Oc2cccc(Cl)c2)cc1. The molecule has 13 heteroatoms. The number of aryl methyl sites for hydroxylation is 2. The summed E-state index contributed by atoms with van der Waals surface area (Å²) in [5.41, 5.74) is 5.77. The first kappa shape index (κ1) is 46.6. The smallest absolute Gasteiger partial charge is 0.415 e. The van der Waals surface area contributed by atoms with Crippen molar-refractivity contribution in [1.29, 1.82) is 0 Å². The first-order valence-electron chi connectivity index (χ1n) is 21.2. The molecule has 2 heterocycles. The van der Waals surface area contributed by atoms with Crippen molar-refractivity contribution in [2.45, 2.75) is 59.5 Å². The fraction of sp³-hybridized carbons (Fsp3) is 0.255. The van der Waals surface area contributed by atoms with Gasteiger partial charge in [0.2, 0.25) is 11.8 Å². The molecule has 0 unspecified atom stereocenters. The van der Waals surface area contributed by atoms with Crippen LogP contribution in [0.1, 0.15) is 53.8 Å². The van der Waals surface area contributed by atoms with E-state index in [2.05, 4.69) is 34.3 Å². The molecule has 5 aromatic carbocycles. The largest absolute Gasteiger partial charge is 0.493 e. The number of aromatic nitrogens is 2. The average molecular weight is 885 g/mol. The summed E-state index contributed by atoms with van der Waals surface area (Å²) >= 11 is 5.96. The van der Waals surface area contributed by atoms with E-state index in [1.54, 1.807) is 30.3 Å². The Labute approximate surface area is 378 Å². The second kappa shape index (κ2) is 24.1. The molecule has 0 spiro atoms. The molecule has 0 fully saturated rings. The van der Waals surface area contributed by atoms with E-state index in [0.717, 1.165) is 71.3 Å². The minimum absolute atomic E-state index is 0.00496. The number of aliphatic carboxylic acids is 1. The Morgan fingerprint density at radius 3 is 1.72 bits per heavy atom. The number of hydrogen-bond acceptors (Lipinski definition) is 10. The number of ether oxygens (including phenoxy) is 3. The Hall–Kier alpha value is -6.89. The van der Waals surface area contributed by atoms with Crippen molar-refractivity contribution in [2.24, 2.45) is 0 Å². The molecule has 2 aromatic heterocycles. The number of halogens is 1. The van der Waals surface area contributed by atoms with Gasteiger partial charge in [0.1, 0.15) is 28.8 Å². The summed E-state index contributed by atoms with van der Waals surface area (Å²) in [6.07, 6.45) is 1.59. The van der Waals surface area contributed by atoms with Crippen molar-refractivity contribution in [1.82, 2.24) is 20.2 Å². The monoisotopic (exact) mass is 884 g/mol. The number of nitrogens with one attached hydrogen (secondary N) is 1. The number of amides is 1. The van der Waals surface area contributed by atoms with E-state index in [1.165, 1.54) is 16.5 Å². The summed E-state index contributed by atoms with van der Waals surface area (Å²) in [7, 11) is 0. The molecule has 12 nitrogen and oxygen atoms in total. The molecular weight excluding hydrogens is 832 g/mol. The van der Waals surface area contributed by atoms with Crippen molar-refractivity contribution in [3.63, 3.8) is 0 Å². The molecule has 0 saturated heterocycles. The lowest BCUT2D eigenvalue weighted by Gasteiger charge is -2.21. The maximum absolute atomic E-state index is 12.7. The molecule has 7 aromatic rings. The van der Waals surface area contributed by atoms with E-state index in [9.17, 15) is 9.59 Å². The summed E-state index contributed by atoms with van der Waals surface area (Å²) in [5.74, 6) is 3.69. The Morgan fingerprint density at radius 1 is 0.688 bits per heavy atom.